The van der Waals surface area contributed by atoms with Gasteiger partial charge in [-0.15, -0.1) is 0 Å². The molecule has 1 aliphatic heterocycles. The lowest BCUT2D eigenvalue weighted by atomic mass is 10.1. The second kappa shape index (κ2) is 9.01. The number of carbonyl (C=O) groups excluding carboxylic acids is 3. The van der Waals surface area contributed by atoms with Crippen LogP contribution >= 0.6 is 0 Å². The third-order valence-electron chi connectivity index (χ3n) is 4.86. The maximum absolute atomic E-state index is 12.3. The van der Waals surface area contributed by atoms with Gasteiger partial charge in [-0.2, -0.15) is 0 Å². The van der Waals surface area contributed by atoms with E-state index in [-0.39, 0.29) is 43.7 Å². The molecule has 0 aromatic carbocycles. The largest absolute Gasteiger partial charge is 0.467 e. The van der Waals surface area contributed by atoms with Gasteiger partial charge in [0.25, 0.3) is 0 Å². The fraction of sp³-hybridized carbons (Fsp3) is 0.824. The van der Waals surface area contributed by atoms with E-state index in [9.17, 15) is 19.5 Å². The predicted octanol–water partition coefficient (Wildman–Crippen LogP) is 0.740. The van der Waals surface area contributed by atoms with Crippen LogP contribution in [0.5, 0.6) is 0 Å². The van der Waals surface area contributed by atoms with Gasteiger partial charge in [-0.05, 0) is 12.8 Å². The minimum atomic E-state index is -0.748. The van der Waals surface area contributed by atoms with Crippen LogP contribution in [-0.4, -0.2) is 59.6 Å². The molecule has 2 atom stereocenters. The third-order valence-corrected chi connectivity index (χ3v) is 4.86. The summed E-state index contributed by atoms with van der Waals surface area (Å²) in [4.78, 5) is 37.4. The molecule has 0 aromatic heterocycles. The van der Waals surface area contributed by atoms with Gasteiger partial charge in [0, 0.05) is 31.8 Å². The van der Waals surface area contributed by atoms with Crippen LogP contribution in [0.4, 0.5) is 0 Å². The van der Waals surface area contributed by atoms with Crippen molar-refractivity contribution in [3.8, 4) is 0 Å². The minimum absolute atomic E-state index is 0.0404. The highest BCUT2D eigenvalue weighted by Gasteiger charge is 2.39. The summed E-state index contributed by atoms with van der Waals surface area (Å²) in [7, 11) is 1.26. The van der Waals surface area contributed by atoms with Gasteiger partial charge in [-0.3, -0.25) is 9.59 Å². The SMILES string of the molecule is COC(=O)[C@@H]1C[C@@H](O)CN1C(=O)CCC(=O)NC1CCCCCC1. The smallest absolute Gasteiger partial charge is 0.328 e. The summed E-state index contributed by atoms with van der Waals surface area (Å²) in [5.41, 5.74) is 0. The van der Waals surface area contributed by atoms with Crippen molar-refractivity contribution in [2.75, 3.05) is 13.7 Å². The normalized spacial score (nSPS) is 25.2. The molecule has 0 spiro atoms. The van der Waals surface area contributed by atoms with Crippen molar-refractivity contribution in [1.82, 2.24) is 10.2 Å². The highest BCUT2D eigenvalue weighted by Crippen LogP contribution is 2.21. The first-order valence-corrected chi connectivity index (χ1v) is 8.86. The molecule has 1 aliphatic carbocycles. The average molecular weight is 340 g/mol. The van der Waals surface area contributed by atoms with Crippen molar-refractivity contribution >= 4 is 17.8 Å². The summed E-state index contributed by atoms with van der Waals surface area (Å²) in [6.45, 7) is 0.114. The number of methoxy groups -OCH3 is 1. The molecular weight excluding hydrogens is 312 g/mol. The summed E-state index contributed by atoms with van der Waals surface area (Å²) in [5.74, 6) is -0.939. The maximum Gasteiger partial charge on any atom is 0.328 e. The number of hydrogen-bond acceptors (Lipinski definition) is 5. The average Bonchev–Trinajstić information content (AvgIpc) is 2.78. The quantitative estimate of drug-likeness (QED) is 0.568. The van der Waals surface area contributed by atoms with E-state index in [0.717, 1.165) is 25.7 Å². The number of β-amino-alcohol motifs (C(OH)–C–C–N with tert-alkyl or cyclic N) is 1. The highest BCUT2D eigenvalue weighted by atomic mass is 16.5. The number of likely N-dealkylation sites (tertiary alicyclic amines) is 1. The molecule has 1 saturated carbocycles. The summed E-state index contributed by atoms with van der Waals surface area (Å²) >= 11 is 0. The van der Waals surface area contributed by atoms with Gasteiger partial charge in [-0.25, -0.2) is 4.79 Å². The van der Waals surface area contributed by atoms with Crippen LogP contribution in [0.3, 0.4) is 0 Å². The molecule has 2 N–H and O–H groups in total. The molecule has 136 valence electrons. The Morgan fingerprint density at radius 3 is 2.42 bits per heavy atom. The van der Waals surface area contributed by atoms with E-state index < -0.39 is 18.1 Å². The Bertz CT molecular complexity index is 460. The summed E-state index contributed by atoms with van der Waals surface area (Å²) in [6.07, 6.45) is 6.32. The summed E-state index contributed by atoms with van der Waals surface area (Å²) < 4.78 is 4.68. The zero-order valence-corrected chi connectivity index (χ0v) is 14.3. The molecule has 0 aromatic rings. The van der Waals surface area contributed by atoms with E-state index in [1.165, 1.54) is 24.9 Å². The molecule has 1 heterocycles. The monoisotopic (exact) mass is 340 g/mol. The number of hydrogen-bond donors (Lipinski definition) is 2. The van der Waals surface area contributed by atoms with Crippen molar-refractivity contribution in [2.24, 2.45) is 0 Å². The molecule has 0 radical (unpaired) electrons. The van der Waals surface area contributed by atoms with Gasteiger partial charge in [0.2, 0.25) is 11.8 Å². The molecule has 2 amide bonds. The molecule has 2 rings (SSSR count). The lowest BCUT2D eigenvalue weighted by Gasteiger charge is -2.22. The zero-order chi connectivity index (χ0) is 17.5. The predicted molar refractivity (Wildman–Crippen MR) is 87.0 cm³/mol. The number of nitrogens with one attached hydrogen (secondary N) is 1. The van der Waals surface area contributed by atoms with Gasteiger partial charge in [-0.1, -0.05) is 25.7 Å². The second-order valence-electron chi connectivity index (χ2n) is 6.73. The minimum Gasteiger partial charge on any atom is -0.467 e. The summed E-state index contributed by atoms with van der Waals surface area (Å²) in [5, 5.41) is 12.7. The van der Waals surface area contributed by atoms with Gasteiger partial charge in [0.05, 0.1) is 13.2 Å². The highest BCUT2D eigenvalue weighted by molar-refractivity contribution is 5.88. The summed E-state index contributed by atoms with van der Waals surface area (Å²) in [6, 6.07) is -0.533. The molecule has 2 fully saturated rings. The van der Waals surface area contributed by atoms with Crippen LogP contribution in [-0.2, 0) is 19.1 Å². The number of carbonyl (C=O) groups is 3. The van der Waals surface area contributed by atoms with Crippen molar-refractivity contribution in [1.29, 1.82) is 0 Å². The van der Waals surface area contributed by atoms with E-state index >= 15 is 0 Å². The number of nitrogens with zero attached hydrogens (tertiary/aromatic N) is 1. The van der Waals surface area contributed by atoms with Crippen LogP contribution in [0.1, 0.15) is 57.8 Å². The van der Waals surface area contributed by atoms with Crippen molar-refractivity contribution in [3.63, 3.8) is 0 Å². The van der Waals surface area contributed by atoms with Gasteiger partial charge >= 0.3 is 5.97 Å². The first-order valence-electron chi connectivity index (χ1n) is 8.86. The Kier molecular flexibility index (Phi) is 7.02. The zero-order valence-electron chi connectivity index (χ0n) is 14.3. The Morgan fingerprint density at radius 1 is 1.12 bits per heavy atom. The van der Waals surface area contributed by atoms with Crippen LogP contribution in [0, 0.1) is 0 Å². The van der Waals surface area contributed by atoms with Crippen molar-refractivity contribution in [2.45, 2.75) is 76.0 Å². The number of aliphatic hydroxyl groups is 1. The molecule has 2 aliphatic rings. The Balaban J connectivity index is 1.78. The van der Waals surface area contributed by atoms with E-state index in [1.54, 1.807) is 0 Å². The van der Waals surface area contributed by atoms with E-state index in [0.29, 0.717) is 0 Å². The fourth-order valence-electron chi connectivity index (χ4n) is 3.54. The standard InChI is InChI=1S/C17H28N2O5/c1-24-17(23)14-10-13(20)11-19(14)16(22)9-8-15(21)18-12-6-4-2-3-5-7-12/h12-14,20H,2-11H2,1H3,(H,18,21)/t13-,14+/m1/s1. The van der Waals surface area contributed by atoms with E-state index in [1.807, 2.05) is 0 Å². The van der Waals surface area contributed by atoms with E-state index in [4.69, 9.17) is 0 Å². The molecule has 0 bridgehead atoms. The molecule has 7 nitrogen and oxygen atoms in total. The lowest BCUT2D eigenvalue weighted by Crippen LogP contribution is -2.42. The molecule has 1 saturated heterocycles. The molecule has 0 unspecified atom stereocenters. The third kappa shape index (κ3) is 5.19. The van der Waals surface area contributed by atoms with Crippen LogP contribution in [0.25, 0.3) is 0 Å². The Labute approximate surface area is 142 Å². The number of aliphatic hydroxyl groups excluding tert-OH is 1. The second-order valence-corrected chi connectivity index (χ2v) is 6.73. The van der Waals surface area contributed by atoms with Crippen molar-refractivity contribution < 1.29 is 24.2 Å². The van der Waals surface area contributed by atoms with Crippen LogP contribution < -0.4 is 5.32 Å². The topological polar surface area (TPSA) is 95.9 Å². The van der Waals surface area contributed by atoms with Crippen molar-refractivity contribution in [3.05, 3.63) is 0 Å². The molecule has 7 heteroatoms. The Hall–Kier alpha value is -1.63. The first-order chi connectivity index (χ1) is 11.5. The molecule has 24 heavy (non-hydrogen) atoms. The van der Waals surface area contributed by atoms with Gasteiger partial charge < -0.3 is 20.1 Å². The number of amides is 2. The molecular formula is C17H28N2O5. The lowest BCUT2D eigenvalue weighted by molar-refractivity contribution is -0.151. The number of ether oxygens (including phenoxy) is 1. The van der Waals surface area contributed by atoms with Crippen LogP contribution in [0.2, 0.25) is 0 Å². The van der Waals surface area contributed by atoms with Gasteiger partial charge in [0.1, 0.15) is 6.04 Å². The van der Waals surface area contributed by atoms with Crippen LogP contribution in [0.15, 0.2) is 0 Å². The first kappa shape index (κ1) is 18.7. The maximum atomic E-state index is 12.3. The number of rotatable bonds is 5. The Morgan fingerprint density at radius 2 is 1.79 bits per heavy atom. The fourth-order valence-corrected chi connectivity index (χ4v) is 3.54. The number of esters is 1. The van der Waals surface area contributed by atoms with E-state index in [2.05, 4.69) is 10.1 Å². The van der Waals surface area contributed by atoms with Gasteiger partial charge in [0.15, 0.2) is 0 Å².